The molecule has 3 rings (SSSR count). The van der Waals surface area contributed by atoms with Gasteiger partial charge in [-0.05, 0) is 55.5 Å². The Morgan fingerprint density at radius 1 is 0.926 bits per heavy atom. The highest BCUT2D eigenvalue weighted by Gasteiger charge is 2.16. The zero-order valence-electron chi connectivity index (χ0n) is 14.4. The molecule has 0 spiro atoms. The summed E-state index contributed by atoms with van der Waals surface area (Å²) in [5.41, 5.74) is 1.38. The second-order valence-electron chi connectivity index (χ2n) is 5.73. The van der Waals surface area contributed by atoms with Gasteiger partial charge >= 0.3 is 0 Å². The number of sulfonamides is 1. The van der Waals surface area contributed by atoms with Gasteiger partial charge in [0.2, 0.25) is 0 Å². The first-order valence-corrected chi connectivity index (χ1v) is 12.7. The molecule has 1 heterocycles. The van der Waals surface area contributed by atoms with Crippen LogP contribution in [0.1, 0.15) is 5.69 Å². The number of thiazole rings is 1. The lowest BCUT2D eigenvalue weighted by Crippen LogP contribution is -2.13. The Labute approximate surface area is 166 Å². The fourth-order valence-electron chi connectivity index (χ4n) is 2.15. The van der Waals surface area contributed by atoms with Crippen LogP contribution in [0.3, 0.4) is 0 Å². The lowest BCUT2D eigenvalue weighted by Gasteiger charge is -2.09. The second-order valence-corrected chi connectivity index (χ2v) is 11.6. The van der Waals surface area contributed by atoms with Crippen molar-refractivity contribution in [3.8, 4) is 0 Å². The monoisotopic (exact) mass is 440 g/mol. The van der Waals surface area contributed by atoms with E-state index < -0.39 is 19.9 Å². The summed E-state index contributed by atoms with van der Waals surface area (Å²) in [5.74, 6) is 0. The first-order chi connectivity index (χ1) is 12.6. The van der Waals surface area contributed by atoms with Gasteiger partial charge in [-0.2, -0.15) is 0 Å². The van der Waals surface area contributed by atoms with Crippen LogP contribution in [-0.4, -0.2) is 28.1 Å². The molecule has 27 heavy (non-hydrogen) atoms. The normalized spacial score (nSPS) is 12.1. The highest BCUT2D eigenvalue weighted by Crippen LogP contribution is 2.31. The average molecular weight is 441 g/mol. The average Bonchev–Trinajstić information content (AvgIpc) is 3.01. The lowest BCUT2D eigenvalue weighted by molar-refractivity contribution is 0.597. The van der Waals surface area contributed by atoms with Crippen LogP contribution >= 0.6 is 23.1 Å². The molecule has 0 bridgehead atoms. The minimum absolute atomic E-state index is 0.00777. The quantitative estimate of drug-likeness (QED) is 0.627. The van der Waals surface area contributed by atoms with E-state index in [2.05, 4.69) is 9.71 Å². The molecule has 1 aromatic heterocycles. The van der Waals surface area contributed by atoms with Crippen LogP contribution in [-0.2, 0) is 19.9 Å². The molecule has 0 saturated carbocycles. The highest BCUT2D eigenvalue weighted by atomic mass is 32.2. The standard InChI is InChI=1S/C17H16N2O4S4/c1-12-11-24-17(18-12)25-14-5-3-13(4-6-14)19-27(22,23)16-9-7-15(8-10-16)26(2,20)21/h3-11,19H,1-2H3. The Kier molecular flexibility index (Phi) is 5.61. The number of anilines is 1. The lowest BCUT2D eigenvalue weighted by atomic mass is 10.3. The van der Waals surface area contributed by atoms with Gasteiger partial charge in [-0.25, -0.2) is 21.8 Å². The summed E-state index contributed by atoms with van der Waals surface area (Å²) < 4.78 is 51.3. The van der Waals surface area contributed by atoms with Gasteiger partial charge in [-0.3, -0.25) is 4.72 Å². The predicted octanol–water partition coefficient (Wildman–Crippen LogP) is 3.81. The van der Waals surface area contributed by atoms with Gasteiger partial charge in [0.05, 0.1) is 9.79 Å². The minimum Gasteiger partial charge on any atom is -0.280 e. The van der Waals surface area contributed by atoms with Crippen molar-refractivity contribution in [2.45, 2.75) is 25.9 Å². The zero-order chi connectivity index (χ0) is 19.7. The van der Waals surface area contributed by atoms with E-state index in [1.165, 1.54) is 36.0 Å². The summed E-state index contributed by atoms with van der Waals surface area (Å²) in [5, 5.41) is 1.97. The molecule has 0 fully saturated rings. The number of aryl methyl sites for hydroxylation is 1. The smallest absolute Gasteiger partial charge is 0.261 e. The summed E-state index contributed by atoms with van der Waals surface area (Å²) in [4.78, 5) is 5.39. The van der Waals surface area contributed by atoms with E-state index >= 15 is 0 Å². The highest BCUT2D eigenvalue weighted by molar-refractivity contribution is 8.01. The molecule has 6 nitrogen and oxygen atoms in total. The van der Waals surface area contributed by atoms with Crippen molar-refractivity contribution in [2.24, 2.45) is 0 Å². The molecule has 0 aliphatic heterocycles. The van der Waals surface area contributed by atoms with Crippen LogP contribution in [0, 0.1) is 6.92 Å². The minimum atomic E-state index is -3.81. The summed E-state index contributed by atoms with van der Waals surface area (Å²) in [6.45, 7) is 1.93. The topological polar surface area (TPSA) is 93.2 Å². The molecule has 2 aromatic carbocycles. The third-order valence-corrected chi connectivity index (χ3v) is 8.06. The Balaban J connectivity index is 1.73. The van der Waals surface area contributed by atoms with Gasteiger partial charge in [0.15, 0.2) is 14.2 Å². The number of nitrogens with one attached hydrogen (secondary N) is 1. The van der Waals surface area contributed by atoms with Gasteiger partial charge in [0, 0.05) is 27.9 Å². The van der Waals surface area contributed by atoms with E-state index in [1.807, 2.05) is 24.4 Å². The Hall–Kier alpha value is -1.88. The van der Waals surface area contributed by atoms with Crippen molar-refractivity contribution in [1.29, 1.82) is 0 Å². The molecule has 0 atom stereocenters. The Morgan fingerprint density at radius 2 is 1.52 bits per heavy atom. The van der Waals surface area contributed by atoms with Gasteiger partial charge in [-0.15, -0.1) is 11.3 Å². The molecule has 1 N–H and O–H groups in total. The molecule has 0 radical (unpaired) electrons. The van der Waals surface area contributed by atoms with Crippen molar-refractivity contribution >= 4 is 48.6 Å². The largest absolute Gasteiger partial charge is 0.280 e. The summed E-state index contributed by atoms with van der Waals surface area (Å²) in [6, 6.07) is 12.1. The molecule has 10 heteroatoms. The first-order valence-electron chi connectivity index (χ1n) is 7.66. The van der Waals surface area contributed by atoms with Crippen molar-refractivity contribution in [3.63, 3.8) is 0 Å². The predicted molar refractivity (Wildman–Crippen MR) is 108 cm³/mol. The van der Waals surface area contributed by atoms with E-state index in [1.54, 1.807) is 23.5 Å². The number of benzene rings is 2. The number of sulfone groups is 1. The molecule has 0 saturated heterocycles. The van der Waals surface area contributed by atoms with Gasteiger partial charge in [-0.1, -0.05) is 11.8 Å². The number of hydrogen-bond acceptors (Lipinski definition) is 7. The summed E-state index contributed by atoms with van der Waals surface area (Å²) >= 11 is 3.06. The van der Waals surface area contributed by atoms with Crippen LogP contribution in [0.2, 0.25) is 0 Å². The first kappa shape index (κ1) is 19.9. The fourth-order valence-corrected chi connectivity index (χ4v) is 5.65. The van der Waals surface area contributed by atoms with Gasteiger partial charge in [0.25, 0.3) is 10.0 Å². The van der Waals surface area contributed by atoms with Crippen LogP contribution in [0.25, 0.3) is 0 Å². The van der Waals surface area contributed by atoms with Crippen molar-refractivity contribution in [1.82, 2.24) is 4.98 Å². The van der Waals surface area contributed by atoms with E-state index in [4.69, 9.17) is 0 Å². The zero-order valence-corrected chi connectivity index (χ0v) is 17.7. The Morgan fingerprint density at radius 3 is 2.04 bits per heavy atom. The van der Waals surface area contributed by atoms with Crippen molar-refractivity contribution in [3.05, 3.63) is 59.6 Å². The van der Waals surface area contributed by atoms with Crippen molar-refractivity contribution in [2.75, 3.05) is 11.0 Å². The van der Waals surface area contributed by atoms with E-state index in [0.29, 0.717) is 5.69 Å². The summed E-state index contributed by atoms with van der Waals surface area (Å²) in [7, 11) is -7.18. The third-order valence-electron chi connectivity index (χ3n) is 3.47. The van der Waals surface area contributed by atoms with Crippen LogP contribution in [0.15, 0.2) is 72.9 Å². The molecule has 142 valence electrons. The van der Waals surface area contributed by atoms with Crippen LogP contribution in [0.5, 0.6) is 0 Å². The van der Waals surface area contributed by atoms with E-state index in [-0.39, 0.29) is 9.79 Å². The molecule has 0 aliphatic rings. The molecular formula is C17H16N2O4S4. The fraction of sp³-hybridized carbons (Fsp3) is 0.118. The van der Waals surface area contributed by atoms with E-state index in [9.17, 15) is 16.8 Å². The van der Waals surface area contributed by atoms with Gasteiger partial charge in [0.1, 0.15) is 0 Å². The number of nitrogens with zero attached hydrogens (tertiary/aromatic N) is 1. The second kappa shape index (κ2) is 7.63. The maximum atomic E-state index is 12.5. The number of rotatable bonds is 6. The van der Waals surface area contributed by atoms with Crippen molar-refractivity contribution < 1.29 is 16.8 Å². The molecule has 3 aromatic rings. The van der Waals surface area contributed by atoms with Crippen LogP contribution in [0.4, 0.5) is 5.69 Å². The SMILES string of the molecule is Cc1csc(Sc2ccc(NS(=O)(=O)c3ccc(S(C)(=O)=O)cc3)cc2)n1. The molecule has 0 amide bonds. The molecular weight excluding hydrogens is 424 g/mol. The maximum absolute atomic E-state index is 12.5. The van der Waals surface area contributed by atoms with Crippen LogP contribution < -0.4 is 4.72 Å². The van der Waals surface area contributed by atoms with E-state index in [0.717, 1.165) is 21.2 Å². The maximum Gasteiger partial charge on any atom is 0.261 e. The Bertz CT molecular complexity index is 1150. The number of aromatic nitrogens is 1. The molecule has 0 unspecified atom stereocenters. The van der Waals surface area contributed by atoms with Gasteiger partial charge < -0.3 is 0 Å². The number of hydrogen-bond donors (Lipinski definition) is 1. The molecule has 0 aliphatic carbocycles. The summed E-state index contributed by atoms with van der Waals surface area (Å²) in [6.07, 6.45) is 1.07. The third kappa shape index (κ3) is 5.10.